The standard InChI is InChI=1S/C15H22N4OS/c1-9-13(10(2)18-17-9)6-7-19(5)15(20)8-14-11(3)21-12(4)16-14/h6-8H2,1-5H3,(H,17,18). The molecule has 1 N–H and O–H groups in total. The molecule has 0 aliphatic heterocycles. The zero-order valence-corrected chi connectivity index (χ0v) is 14.1. The van der Waals surface area contributed by atoms with Gasteiger partial charge in [0.15, 0.2) is 0 Å². The summed E-state index contributed by atoms with van der Waals surface area (Å²) >= 11 is 1.64. The van der Waals surface area contributed by atoms with Gasteiger partial charge < -0.3 is 4.90 Å². The van der Waals surface area contributed by atoms with E-state index in [1.54, 1.807) is 16.2 Å². The van der Waals surface area contributed by atoms with Crippen LogP contribution in [0.15, 0.2) is 0 Å². The minimum Gasteiger partial charge on any atom is -0.345 e. The number of rotatable bonds is 5. The van der Waals surface area contributed by atoms with E-state index in [1.807, 2.05) is 34.7 Å². The van der Waals surface area contributed by atoms with E-state index in [4.69, 9.17) is 0 Å². The number of aryl methyl sites for hydroxylation is 4. The van der Waals surface area contributed by atoms with Crippen LogP contribution in [0.3, 0.4) is 0 Å². The highest BCUT2D eigenvalue weighted by molar-refractivity contribution is 7.11. The summed E-state index contributed by atoms with van der Waals surface area (Å²) in [5, 5.41) is 8.18. The summed E-state index contributed by atoms with van der Waals surface area (Å²) in [6.07, 6.45) is 1.21. The van der Waals surface area contributed by atoms with Crippen LogP contribution in [0.2, 0.25) is 0 Å². The van der Waals surface area contributed by atoms with Crippen molar-refractivity contribution in [3.63, 3.8) is 0 Å². The van der Waals surface area contributed by atoms with Gasteiger partial charge in [-0.3, -0.25) is 9.89 Å². The summed E-state index contributed by atoms with van der Waals surface area (Å²) in [6.45, 7) is 8.69. The first-order valence-corrected chi connectivity index (χ1v) is 7.87. The number of carbonyl (C=O) groups is 1. The van der Waals surface area contributed by atoms with Crippen LogP contribution in [-0.4, -0.2) is 39.6 Å². The van der Waals surface area contributed by atoms with Crippen molar-refractivity contribution < 1.29 is 4.79 Å². The average molecular weight is 306 g/mol. The molecule has 0 aliphatic rings. The van der Waals surface area contributed by atoms with Gasteiger partial charge >= 0.3 is 0 Å². The molecule has 0 radical (unpaired) electrons. The van der Waals surface area contributed by atoms with Gasteiger partial charge in [0.25, 0.3) is 0 Å². The molecule has 0 unspecified atom stereocenters. The van der Waals surface area contributed by atoms with Crippen molar-refractivity contribution in [3.8, 4) is 0 Å². The fraction of sp³-hybridized carbons (Fsp3) is 0.533. The molecule has 0 atom stereocenters. The van der Waals surface area contributed by atoms with E-state index in [9.17, 15) is 4.79 Å². The molecule has 2 aromatic heterocycles. The fourth-order valence-corrected chi connectivity index (χ4v) is 3.20. The molecule has 5 nitrogen and oxygen atoms in total. The molecule has 0 fully saturated rings. The van der Waals surface area contributed by atoms with E-state index in [1.165, 1.54) is 5.56 Å². The maximum Gasteiger partial charge on any atom is 0.228 e. The molecule has 2 heterocycles. The van der Waals surface area contributed by atoms with E-state index < -0.39 is 0 Å². The molecule has 0 saturated heterocycles. The highest BCUT2D eigenvalue weighted by Crippen LogP contribution is 2.17. The molecule has 0 aromatic carbocycles. The SMILES string of the molecule is Cc1nc(CC(=O)N(C)CCc2c(C)n[nH]c2C)c(C)s1. The molecule has 0 bridgehead atoms. The largest absolute Gasteiger partial charge is 0.345 e. The number of aromatic amines is 1. The summed E-state index contributed by atoms with van der Waals surface area (Å²) in [5.41, 5.74) is 4.21. The zero-order valence-electron chi connectivity index (χ0n) is 13.3. The fourth-order valence-electron chi connectivity index (χ4n) is 2.36. The minimum absolute atomic E-state index is 0.113. The number of nitrogens with zero attached hydrogens (tertiary/aromatic N) is 3. The van der Waals surface area contributed by atoms with Crippen LogP contribution in [0.4, 0.5) is 0 Å². The number of H-pyrrole nitrogens is 1. The van der Waals surface area contributed by atoms with Gasteiger partial charge in [0.2, 0.25) is 5.91 Å². The highest BCUT2D eigenvalue weighted by atomic mass is 32.1. The van der Waals surface area contributed by atoms with Crippen LogP contribution >= 0.6 is 11.3 Å². The first-order chi connectivity index (χ1) is 9.88. The molecule has 114 valence electrons. The van der Waals surface area contributed by atoms with Gasteiger partial charge in [-0.2, -0.15) is 5.10 Å². The van der Waals surface area contributed by atoms with Gasteiger partial charge in [0.1, 0.15) is 0 Å². The number of nitrogens with one attached hydrogen (secondary N) is 1. The predicted molar refractivity (Wildman–Crippen MR) is 84.7 cm³/mol. The number of thiazole rings is 1. The first-order valence-electron chi connectivity index (χ1n) is 7.05. The lowest BCUT2D eigenvalue weighted by molar-refractivity contribution is -0.129. The smallest absolute Gasteiger partial charge is 0.228 e. The van der Waals surface area contributed by atoms with Crippen molar-refractivity contribution in [2.45, 2.75) is 40.5 Å². The molecule has 0 aliphatic carbocycles. The number of carbonyl (C=O) groups excluding carboxylic acids is 1. The molecular weight excluding hydrogens is 284 g/mol. The van der Waals surface area contributed by atoms with E-state index in [0.717, 1.165) is 33.4 Å². The second kappa shape index (κ2) is 6.39. The number of hydrogen-bond donors (Lipinski definition) is 1. The third-order valence-corrected chi connectivity index (χ3v) is 4.65. The monoisotopic (exact) mass is 306 g/mol. The number of likely N-dealkylation sites (N-methyl/N-ethyl adjacent to an activating group) is 1. The van der Waals surface area contributed by atoms with Crippen LogP contribution < -0.4 is 0 Å². The van der Waals surface area contributed by atoms with Crippen molar-refractivity contribution >= 4 is 17.2 Å². The van der Waals surface area contributed by atoms with Gasteiger partial charge in [-0.25, -0.2) is 4.98 Å². The maximum absolute atomic E-state index is 12.3. The van der Waals surface area contributed by atoms with Crippen LogP contribution in [0.25, 0.3) is 0 Å². The Morgan fingerprint density at radius 3 is 2.52 bits per heavy atom. The molecule has 2 aromatic rings. The summed E-state index contributed by atoms with van der Waals surface area (Å²) < 4.78 is 0. The van der Waals surface area contributed by atoms with Crippen molar-refractivity contribution in [3.05, 3.63) is 32.5 Å². The van der Waals surface area contributed by atoms with Crippen molar-refractivity contribution in [2.24, 2.45) is 0 Å². The lowest BCUT2D eigenvalue weighted by Crippen LogP contribution is -2.30. The summed E-state index contributed by atoms with van der Waals surface area (Å²) in [7, 11) is 1.85. The molecular formula is C15H22N4OS. The van der Waals surface area contributed by atoms with Gasteiger partial charge in [-0.05, 0) is 39.7 Å². The quantitative estimate of drug-likeness (QED) is 0.922. The number of aromatic nitrogens is 3. The van der Waals surface area contributed by atoms with Crippen LogP contribution in [-0.2, 0) is 17.6 Å². The molecule has 21 heavy (non-hydrogen) atoms. The van der Waals surface area contributed by atoms with Crippen LogP contribution in [0, 0.1) is 27.7 Å². The summed E-state index contributed by atoms with van der Waals surface area (Å²) in [4.78, 5) is 19.6. The number of hydrogen-bond acceptors (Lipinski definition) is 4. The van der Waals surface area contributed by atoms with Gasteiger partial charge in [0.05, 0.1) is 22.8 Å². The average Bonchev–Trinajstić information content (AvgIpc) is 2.90. The third-order valence-electron chi connectivity index (χ3n) is 3.72. The van der Waals surface area contributed by atoms with Crippen LogP contribution in [0.1, 0.15) is 32.5 Å². The maximum atomic E-state index is 12.3. The van der Waals surface area contributed by atoms with Crippen molar-refractivity contribution in [1.82, 2.24) is 20.1 Å². The lowest BCUT2D eigenvalue weighted by Gasteiger charge is -2.17. The van der Waals surface area contributed by atoms with Gasteiger partial charge in [0, 0.05) is 24.2 Å². The first kappa shape index (κ1) is 15.7. The van der Waals surface area contributed by atoms with Gasteiger partial charge in [-0.15, -0.1) is 11.3 Å². The minimum atomic E-state index is 0.113. The Labute approximate surface area is 129 Å². The Hall–Kier alpha value is -1.69. The topological polar surface area (TPSA) is 61.9 Å². The van der Waals surface area contributed by atoms with E-state index in [2.05, 4.69) is 15.2 Å². The Kier molecular flexibility index (Phi) is 4.77. The van der Waals surface area contributed by atoms with Gasteiger partial charge in [-0.1, -0.05) is 0 Å². The Balaban J connectivity index is 1.92. The normalized spacial score (nSPS) is 10.9. The summed E-state index contributed by atoms with van der Waals surface area (Å²) in [5.74, 6) is 0.113. The Morgan fingerprint density at radius 2 is 2.00 bits per heavy atom. The Bertz CT molecular complexity index is 625. The summed E-state index contributed by atoms with van der Waals surface area (Å²) in [6, 6.07) is 0. The van der Waals surface area contributed by atoms with E-state index in [-0.39, 0.29) is 5.91 Å². The van der Waals surface area contributed by atoms with E-state index in [0.29, 0.717) is 13.0 Å². The van der Waals surface area contributed by atoms with Crippen molar-refractivity contribution in [2.75, 3.05) is 13.6 Å². The molecule has 6 heteroatoms. The molecule has 0 spiro atoms. The molecule has 2 rings (SSSR count). The number of amides is 1. The lowest BCUT2D eigenvalue weighted by atomic mass is 10.1. The van der Waals surface area contributed by atoms with Crippen LogP contribution in [0.5, 0.6) is 0 Å². The van der Waals surface area contributed by atoms with Crippen molar-refractivity contribution in [1.29, 1.82) is 0 Å². The highest BCUT2D eigenvalue weighted by Gasteiger charge is 2.15. The van der Waals surface area contributed by atoms with E-state index >= 15 is 0 Å². The Morgan fingerprint density at radius 1 is 1.29 bits per heavy atom. The molecule has 0 saturated carbocycles. The third kappa shape index (κ3) is 3.69. The zero-order chi connectivity index (χ0) is 15.6. The second-order valence-electron chi connectivity index (χ2n) is 5.39. The predicted octanol–water partition coefficient (Wildman–Crippen LogP) is 2.34. The second-order valence-corrected chi connectivity index (χ2v) is 6.80. The molecule has 1 amide bonds.